The van der Waals surface area contributed by atoms with Gasteiger partial charge in [-0.3, -0.25) is 0 Å². The van der Waals surface area contributed by atoms with E-state index >= 15 is 0 Å². The first-order chi connectivity index (χ1) is 3.93. The van der Waals surface area contributed by atoms with Crippen LogP contribution in [0.1, 0.15) is 13.3 Å². The van der Waals surface area contributed by atoms with E-state index in [2.05, 4.69) is 6.92 Å². The number of hydrogen-bond donors (Lipinski definition) is 0. The van der Waals surface area contributed by atoms with Crippen LogP contribution in [0.3, 0.4) is 0 Å². The Bertz CT molecular complexity index is 57.5. The summed E-state index contributed by atoms with van der Waals surface area (Å²) in [5, 5.41) is 0. The van der Waals surface area contributed by atoms with Crippen molar-refractivity contribution in [2.45, 2.75) is 13.3 Å². The van der Waals surface area contributed by atoms with Crippen LogP contribution in [0.2, 0.25) is 0 Å². The van der Waals surface area contributed by atoms with Crippen LogP contribution in [-0.2, 0) is 9.47 Å². The molecule has 0 spiro atoms. The second kappa shape index (κ2) is 3.05. The van der Waals surface area contributed by atoms with E-state index in [0.717, 1.165) is 13.2 Å². The topological polar surface area (TPSA) is 18.5 Å². The molecule has 1 fully saturated rings. The molecule has 8 heavy (non-hydrogen) atoms. The summed E-state index contributed by atoms with van der Waals surface area (Å²) in [5.74, 6) is 0.642. The van der Waals surface area contributed by atoms with E-state index in [0.29, 0.717) is 12.7 Å². The minimum atomic E-state index is 0.497. The van der Waals surface area contributed by atoms with Crippen molar-refractivity contribution in [2.75, 3.05) is 20.0 Å². The van der Waals surface area contributed by atoms with Gasteiger partial charge in [0.25, 0.3) is 0 Å². The lowest BCUT2D eigenvalue weighted by molar-refractivity contribution is -0.126. The molecule has 48 valence electrons. The molecule has 0 unspecified atom stereocenters. The zero-order valence-electron chi connectivity index (χ0n) is 5.22. The van der Waals surface area contributed by atoms with Crippen LogP contribution < -0.4 is 0 Å². The van der Waals surface area contributed by atoms with Crippen molar-refractivity contribution in [3.8, 4) is 0 Å². The van der Waals surface area contributed by atoms with Crippen LogP contribution in [0.15, 0.2) is 0 Å². The summed E-state index contributed by atoms with van der Waals surface area (Å²) >= 11 is 0. The van der Waals surface area contributed by atoms with Gasteiger partial charge in [-0.25, -0.2) is 0 Å². The van der Waals surface area contributed by atoms with E-state index in [1.807, 2.05) is 0 Å². The molecule has 2 heteroatoms. The van der Waals surface area contributed by atoms with Crippen LogP contribution in [0.5, 0.6) is 0 Å². The minimum absolute atomic E-state index is 0.497. The van der Waals surface area contributed by atoms with Gasteiger partial charge in [-0.1, -0.05) is 6.92 Å². The first kappa shape index (κ1) is 6.05. The van der Waals surface area contributed by atoms with Crippen LogP contribution >= 0.6 is 0 Å². The summed E-state index contributed by atoms with van der Waals surface area (Å²) in [7, 11) is 0. The molecule has 0 aromatic carbocycles. The van der Waals surface area contributed by atoms with Gasteiger partial charge < -0.3 is 9.47 Å². The van der Waals surface area contributed by atoms with Crippen LogP contribution in [0, 0.1) is 5.92 Å². The second-order valence-corrected chi connectivity index (χ2v) is 2.13. The quantitative estimate of drug-likeness (QED) is 0.509. The molecule has 0 saturated carbocycles. The van der Waals surface area contributed by atoms with Gasteiger partial charge in [0.2, 0.25) is 0 Å². The molecule has 1 saturated heterocycles. The minimum Gasteiger partial charge on any atom is -0.355 e. The lowest BCUT2D eigenvalue weighted by Crippen LogP contribution is -2.23. The molecule has 0 aromatic rings. The molecular formula is C6H12O2. The molecule has 1 rings (SSSR count). The van der Waals surface area contributed by atoms with Crippen molar-refractivity contribution in [3.05, 3.63) is 0 Å². The largest absolute Gasteiger partial charge is 0.355 e. The van der Waals surface area contributed by atoms with E-state index < -0.39 is 0 Å². The highest BCUT2D eigenvalue weighted by Crippen LogP contribution is 2.07. The van der Waals surface area contributed by atoms with Crippen molar-refractivity contribution in [3.63, 3.8) is 0 Å². The van der Waals surface area contributed by atoms with E-state index in [1.165, 1.54) is 6.42 Å². The zero-order valence-corrected chi connectivity index (χ0v) is 5.22. The van der Waals surface area contributed by atoms with Gasteiger partial charge in [0, 0.05) is 5.92 Å². The Morgan fingerprint density at radius 2 is 2.00 bits per heavy atom. The Morgan fingerprint density at radius 1 is 1.38 bits per heavy atom. The molecule has 1 heterocycles. The summed E-state index contributed by atoms with van der Waals surface area (Å²) in [6.07, 6.45) is 1.17. The van der Waals surface area contributed by atoms with Gasteiger partial charge in [-0.2, -0.15) is 0 Å². The summed E-state index contributed by atoms with van der Waals surface area (Å²) in [4.78, 5) is 0. The van der Waals surface area contributed by atoms with Crippen LogP contribution in [0.25, 0.3) is 0 Å². The molecule has 0 aromatic heterocycles. The standard InChI is InChI=1S/C6H12O2/c1-2-6-3-7-5-8-4-6/h6H,2-5H2,1H3. The lowest BCUT2D eigenvalue weighted by Gasteiger charge is -2.20. The molecule has 0 amide bonds. The predicted molar refractivity (Wildman–Crippen MR) is 30.6 cm³/mol. The van der Waals surface area contributed by atoms with Crippen molar-refractivity contribution >= 4 is 0 Å². The number of ether oxygens (including phenoxy) is 2. The number of hydrogen-bond acceptors (Lipinski definition) is 2. The number of rotatable bonds is 1. The van der Waals surface area contributed by atoms with Crippen molar-refractivity contribution in [1.82, 2.24) is 0 Å². The summed E-state index contributed by atoms with van der Waals surface area (Å²) in [6, 6.07) is 0. The molecular weight excluding hydrogens is 104 g/mol. The van der Waals surface area contributed by atoms with Crippen molar-refractivity contribution in [2.24, 2.45) is 5.92 Å². The Balaban J connectivity index is 2.13. The summed E-state index contributed by atoms with van der Waals surface area (Å²) < 4.78 is 10.1. The average molecular weight is 116 g/mol. The Hall–Kier alpha value is -0.0800. The lowest BCUT2D eigenvalue weighted by atomic mass is 10.1. The van der Waals surface area contributed by atoms with Crippen LogP contribution in [-0.4, -0.2) is 20.0 Å². The fourth-order valence-corrected chi connectivity index (χ4v) is 0.772. The highest BCUT2D eigenvalue weighted by atomic mass is 16.7. The highest BCUT2D eigenvalue weighted by molar-refractivity contribution is 4.55. The van der Waals surface area contributed by atoms with Crippen molar-refractivity contribution < 1.29 is 9.47 Å². The predicted octanol–water partition coefficient (Wildman–Crippen LogP) is 1.02. The molecule has 1 aliphatic heterocycles. The van der Waals surface area contributed by atoms with Gasteiger partial charge in [-0.05, 0) is 6.42 Å². The first-order valence-corrected chi connectivity index (χ1v) is 3.09. The van der Waals surface area contributed by atoms with E-state index in [-0.39, 0.29) is 0 Å². The van der Waals surface area contributed by atoms with E-state index in [1.54, 1.807) is 0 Å². The maximum absolute atomic E-state index is 5.05. The normalized spacial score (nSPS) is 23.6. The van der Waals surface area contributed by atoms with Gasteiger partial charge in [0.1, 0.15) is 6.79 Å². The Morgan fingerprint density at radius 3 is 2.38 bits per heavy atom. The molecule has 0 atom stereocenters. The molecule has 0 N–H and O–H groups in total. The van der Waals surface area contributed by atoms with Crippen molar-refractivity contribution in [1.29, 1.82) is 0 Å². The fourth-order valence-electron chi connectivity index (χ4n) is 0.772. The van der Waals surface area contributed by atoms with Gasteiger partial charge >= 0.3 is 0 Å². The molecule has 0 aliphatic carbocycles. The maximum Gasteiger partial charge on any atom is 0.146 e. The summed E-state index contributed by atoms with van der Waals surface area (Å²) in [5.41, 5.74) is 0. The maximum atomic E-state index is 5.05. The van der Waals surface area contributed by atoms with Gasteiger partial charge in [0.15, 0.2) is 0 Å². The molecule has 2 nitrogen and oxygen atoms in total. The third-order valence-electron chi connectivity index (χ3n) is 1.45. The Kier molecular flexibility index (Phi) is 2.30. The monoisotopic (exact) mass is 116 g/mol. The van der Waals surface area contributed by atoms with Gasteiger partial charge in [-0.15, -0.1) is 0 Å². The molecule has 1 aliphatic rings. The van der Waals surface area contributed by atoms with Crippen LogP contribution in [0.4, 0.5) is 0 Å². The smallest absolute Gasteiger partial charge is 0.146 e. The third kappa shape index (κ3) is 1.46. The summed E-state index contributed by atoms with van der Waals surface area (Å²) in [6.45, 7) is 4.42. The molecule has 0 bridgehead atoms. The highest BCUT2D eigenvalue weighted by Gasteiger charge is 2.10. The second-order valence-electron chi connectivity index (χ2n) is 2.13. The average Bonchev–Trinajstić information content (AvgIpc) is 1.90. The first-order valence-electron chi connectivity index (χ1n) is 3.09. The van der Waals surface area contributed by atoms with E-state index in [4.69, 9.17) is 9.47 Å². The Labute approximate surface area is 49.8 Å². The SMILES string of the molecule is CCC1COCOC1. The van der Waals surface area contributed by atoms with E-state index in [9.17, 15) is 0 Å². The molecule has 0 radical (unpaired) electrons. The zero-order chi connectivity index (χ0) is 5.82. The third-order valence-corrected chi connectivity index (χ3v) is 1.45. The fraction of sp³-hybridized carbons (Fsp3) is 1.00. The van der Waals surface area contributed by atoms with Gasteiger partial charge in [0.05, 0.1) is 13.2 Å².